The van der Waals surface area contributed by atoms with Crippen LogP contribution in [0.2, 0.25) is 5.02 Å². The molecule has 0 aliphatic carbocycles. The number of nitrogens with two attached hydrogens (primary N) is 1. The second kappa shape index (κ2) is 6.72. The van der Waals surface area contributed by atoms with Crippen molar-refractivity contribution in [2.75, 3.05) is 6.54 Å². The molecule has 2 rings (SSSR count). The molecule has 1 heterocycles. The van der Waals surface area contributed by atoms with Gasteiger partial charge in [0.1, 0.15) is 5.75 Å². The predicted octanol–water partition coefficient (Wildman–Crippen LogP) is 2.93. The fourth-order valence-electron chi connectivity index (χ4n) is 1.76. The Bertz CT molecular complexity index is 569. The van der Waals surface area contributed by atoms with Crippen molar-refractivity contribution in [2.24, 2.45) is 5.73 Å². The number of hydrogen-bond donors (Lipinski definition) is 1. The topological polar surface area (TPSA) is 74.2 Å². The molecule has 1 aromatic carbocycles. The molecule has 5 nitrogen and oxygen atoms in total. The molecule has 0 saturated heterocycles. The van der Waals surface area contributed by atoms with Crippen LogP contribution < -0.4 is 10.5 Å². The summed E-state index contributed by atoms with van der Waals surface area (Å²) in [6, 6.07) is 5.61. The minimum absolute atomic E-state index is 0.195. The summed E-state index contributed by atoms with van der Waals surface area (Å²) in [5, 5.41) is 4.45. The summed E-state index contributed by atoms with van der Waals surface area (Å²) >= 11 is 6.15. The van der Waals surface area contributed by atoms with Crippen LogP contribution >= 0.6 is 11.6 Å². The van der Waals surface area contributed by atoms with Gasteiger partial charge in [-0.05, 0) is 24.6 Å². The lowest BCUT2D eigenvalue weighted by atomic mass is 10.1. The summed E-state index contributed by atoms with van der Waals surface area (Å²) in [5.74, 6) is 1.96. The fraction of sp³-hybridized carbons (Fsp3) is 0.429. The second-order valence-electron chi connectivity index (χ2n) is 4.76. The highest BCUT2D eigenvalue weighted by Gasteiger charge is 2.13. The van der Waals surface area contributed by atoms with Crippen LogP contribution in [0.15, 0.2) is 22.7 Å². The van der Waals surface area contributed by atoms with Gasteiger partial charge in [-0.3, -0.25) is 0 Å². The van der Waals surface area contributed by atoms with Gasteiger partial charge in [-0.2, -0.15) is 4.98 Å². The third-order valence-electron chi connectivity index (χ3n) is 2.80. The van der Waals surface area contributed by atoms with Gasteiger partial charge in [0.05, 0.1) is 5.02 Å². The van der Waals surface area contributed by atoms with E-state index in [1.807, 2.05) is 26.0 Å². The molecule has 0 spiro atoms. The van der Waals surface area contributed by atoms with Crippen molar-refractivity contribution in [1.82, 2.24) is 10.1 Å². The maximum atomic E-state index is 6.15. The Hall–Kier alpha value is -1.59. The molecular weight excluding hydrogens is 278 g/mol. The number of rotatable bonds is 6. The molecule has 0 aliphatic rings. The Balaban J connectivity index is 2.09. The van der Waals surface area contributed by atoms with Gasteiger partial charge in [-0.1, -0.05) is 42.7 Å². The molecule has 20 heavy (non-hydrogen) atoms. The Morgan fingerprint density at radius 1 is 1.40 bits per heavy atom. The van der Waals surface area contributed by atoms with Crippen molar-refractivity contribution < 1.29 is 9.26 Å². The maximum absolute atomic E-state index is 6.15. The largest absolute Gasteiger partial charge is 0.482 e. The molecule has 108 valence electrons. The Morgan fingerprint density at radius 3 is 2.85 bits per heavy atom. The van der Waals surface area contributed by atoms with Crippen LogP contribution in [0, 0.1) is 0 Å². The van der Waals surface area contributed by atoms with Crippen molar-refractivity contribution in [3.05, 3.63) is 40.5 Å². The average Bonchev–Trinajstić information content (AvgIpc) is 2.87. The molecule has 2 aromatic rings. The van der Waals surface area contributed by atoms with Crippen LogP contribution in [0.5, 0.6) is 5.75 Å². The minimum atomic E-state index is 0.195. The summed E-state index contributed by atoms with van der Waals surface area (Å²) in [7, 11) is 0. The Kier molecular flexibility index (Phi) is 4.98. The molecule has 0 radical (unpaired) electrons. The molecule has 2 N–H and O–H groups in total. The van der Waals surface area contributed by atoms with Crippen LogP contribution in [0.3, 0.4) is 0 Å². The Labute approximate surface area is 123 Å². The zero-order valence-electron chi connectivity index (χ0n) is 11.6. The van der Waals surface area contributed by atoms with E-state index in [0.717, 1.165) is 5.56 Å². The number of ether oxygens (including phenoxy) is 1. The summed E-state index contributed by atoms with van der Waals surface area (Å²) in [5.41, 5.74) is 6.56. The summed E-state index contributed by atoms with van der Waals surface area (Å²) in [6.45, 7) is 4.74. The average molecular weight is 296 g/mol. The van der Waals surface area contributed by atoms with Crippen LogP contribution in [0.1, 0.15) is 37.0 Å². The summed E-state index contributed by atoms with van der Waals surface area (Å²) in [6.07, 6.45) is 0.705. The minimum Gasteiger partial charge on any atom is -0.482 e. The zero-order valence-corrected chi connectivity index (χ0v) is 12.4. The molecule has 1 aromatic heterocycles. The predicted molar refractivity (Wildman–Crippen MR) is 76.9 cm³/mol. The first kappa shape index (κ1) is 14.8. The number of nitrogens with zero attached hydrogens (tertiary/aromatic N) is 2. The molecular formula is C14H18ClN3O2. The Morgan fingerprint density at radius 2 is 2.20 bits per heavy atom. The van der Waals surface area contributed by atoms with Crippen molar-refractivity contribution in [3.8, 4) is 5.75 Å². The van der Waals surface area contributed by atoms with E-state index in [9.17, 15) is 0 Å². The van der Waals surface area contributed by atoms with E-state index in [4.69, 9.17) is 26.6 Å². The lowest BCUT2D eigenvalue weighted by Gasteiger charge is -2.11. The van der Waals surface area contributed by atoms with Gasteiger partial charge >= 0.3 is 0 Å². The molecule has 0 aliphatic heterocycles. The third-order valence-corrected chi connectivity index (χ3v) is 3.10. The first-order valence-electron chi connectivity index (χ1n) is 6.54. The standard InChI is InChI=1S/C14H18ClN3O2/c1-9(2)14-17-12(20-18-14)8-19-13-10(6-7-16)4-3-5-11(13)15/h3-5,9H,6-8,16H2,1-2H3. The van der Waals surface area contributed by atoms with E-state index in [2.05, 4.69) is 10.1 Å². The van der Waals surface area contributed by atoms with Crippen LogP contribution in [0.4, 0.5) is 0 Å². The van der Waals surface area contributed by atoms with E-state index < -0.39 is 0 Å². The van der Waals surface area contributed by atoms with Crippen molar-refractivity contribution in [1.29, 1.82) is 0 Å². The van der Waals surface area contributed by atoms with E-state index in [0.29, 0.717) is 35.5 Å². The number of hydrogen-bond acceptors (Lipinski definition) is 5. The van der Waals surface area contributed by atoms with Gasteiger partial charge in [-0.25, -0.2) is 0 Å². The fourth-order valence-corrected chi connectivity index (χ4v) is 2.01. The normalized spacial score (nSPS) is 11.1. The van der Waals surface area contributed by atoms with E-state index in [1.54, 1.807) is 6.07 Å². The zero-order chi connectivity index (χ0) is 14.5. The van der Waals surface area contributed by atoms with E-state index >= 15 is 0 Å². The lowest BCUT2D eigenvalue weighted by molar-refractivity contribution is 0.240. The van der Waals surface area contributed by atoms with Crippen LogP contribution in [0.25, 0.3) is 0 Å². The van der Waals surface area contributed by atoms with Gasteiger partial charge in [0, 0.05) is 5.92 Å². The molecule has 0 bridgehead atoms. The van der Waals surface area contributed by atoms with E-state index in [-0.39, 0.29) is 12.5 Å². The number of halogens is 1. The molecule has 6 heteroatoms. The smallest absolute Gasteiger partial charge is 0.264 e. The number of para-hydroxylation sites is 1. The van der Waals surface area contributed by atoms with Gasteiger partial charge in [0.25, 0.3) is 5.89 Å². The summed E-state index contributed by atoms with van der Waals surface area (Å²) < 4.78 is 10.8. The third kappa shape index (κ3) is 3.49. The van der Waals surface area contributed by atoms with Gasteiger partial charge in [0.2, 0.25) is 0 Å². The van der Waals surface area contributed by atoms with Gasteiger partial charge < -0.3 is 15.0 Å². The molecule has 0 unspecified atom stereocenters. The van der Waals surface area contributed by atoms with Crippen molar-refractivity contribution >= 4 is 11.6 Å². The molecule has 0 saturated carbocycles. The lowest BCUT2D eigenvalue weighted by Crippen LogP contribution is -2.06. The van der Waals surface area contributed by atoms with Crippen molar-refractivity contribution in [3.63, 3.8) is 0 Å². The number of benzene rings is 1. The second-order valence-corrected chi connectivity index (χ2v) is 5.16. The monoisotopic (exact) mass is 295 g/mol. The molecule has 0 amide bonds. The number of aromatic nitrogens is 2. The SMILES string of the molecule is CC(C)c1noc(COc2c(Cl)cccc2CCN)n1. The summed E-state index contributed by atoms with van der Waals surface area (Å²) in [4.78, 5) is 4.26. The van der Waals surface area contributed by atoms with Crippen LogP contribution in [-0.4, -0.2) is 16.7 Å². The highest BCUT2D eigenvalue weighted by Crippen LogP contribution is 2.29. The highest BCUT2D eigenvalue weighted by molar-refractivity contribution is 6.32. The first-order valence-corrected chi connectivity index (χ1v) is 6.92. The first-order chi connectivity index (χ1) is 9.61. The highest BCUT2D eigenvalue weighted by atomic mass is 35.5. The maximum Gasteiger partial charge on any atom is 0.264 e. The van der Waals surface area contributed by atoms with Crippen LogP contribution in [-0.2, 0) is 13.0 Å². The molecule has 0 atom stereocenters. The quantitative estimate of drug-likeness (QED) is 0.887. The van der Waals surface area contributed by atoms with Crippen molar-refractivity contribution in [2.45, 2.75) is 32.8 Å². The van der Waals surface area contributed by atoms with Gasteiger partial charge in [0.15, 0.2) is 12.4 Å². The van der Waals surface area contributed by atoms with Gasteiger partial charge in [-0.15, -0.1) is 0 Å². The van der Waals surface area contributed by atoms with E-state index in [1.165, 1.54) is 0 Å². The molecule has 0 fully saturated rings.